The van der Waals surface area contributed by atoms with Crippen molar-refractivity contribution in [1.29, 1.82) is 0 Å². The van der Waals surface area contributed by atoms with Gasteiger partial charge in [-0.2, -0.15) is 0 Å². The molecule has 0 heterocycles. The molecule has 2 aliphatic carbocycles. The van der Waals surface area contributed by atoms with Gasteiger partial charge in [0.1, 0.15) is 11.5 Å². The van der Waals surface area contributed by atoms with Crippen molar-refractivity contribution in [2.24, 2.45) is 0 Å². The van der Waals surface area contributed by atoms with Crippen LogP contribution in [0.2, 0.25) is 0 Å². The summed E-state index contributed by atoms with van der Waals surface area (Å²) in [5.41, 5.74) is 6.05. The summed E-state index contributed by atoms with van der Waals surface area (Å²) in [7, 11) is 0. The molecule has 4 nitrogen and oxygen atoms in total. The number of benzene rings is 2. The van der Waals surface area contributed by atoms with Crippen molar-refractivity contribution in [1.82, 2.24) is 0 Å². The molecule has 0 N–H and O–H groups in total. The van der Waals surface area contributed by atoms with Crippen LogP contribution >= 0.6 is 0 Å². The molecule has 2 aromatic rings. The van der Waals surface area contributed by atoms with Crippen molar-refractivity contribution in [3.63, 3.8) is 0 Å². The maximum absolute atomic E-state index is 12.6. The van der Waals surface area contributed by atoms with Gasteiger partial charge < -0.3 is 9.47 Å². The van der Waals surface area contributed by atoms with E-state index in [2.05, 4.69) is 32.6 Å². The fourth-order valence-corrected chi connectivity index (χ4v) is 4.97. The van der Waals surface area contributed by atoms with Crippen LogP contribution in [-0.2, 0) is 9.59 Å². The van der Waals surface area contributed by atoms with E-state index in [1.807, 2.05) is 25.1 Å². The number of carbonyl (C=O) groups excluding carboxylic acids is 2. The molecule has 32 heavy (non-hydrogen) atoms. The SMILES string of the molecule is C=C(C)C(=O)Oc1c2c(c(OC(C)=O)c3cc(C)ccc13)C1C=C(CCC=C(C)C)C2C1. The van der Waals surface area contributed by atoms with Gasteiger partial charge in [0.25, 0.3) is 0 Å². The minimum atomic E-state index is -0.438. The van der Waals surface area contributed by atoms with Crippen molar-refractivity contribution >= 4 is 22.7 Å². The first-order chi connectivity index (χ1) is 15.2. The number of allylic oxidation sites excluding steroid dienone is 4. The summed E-state index contributed by atoms with van der Waals surface area (Å²) in [5.74, 6) is 0.712. The molecule has 0 spiro atoms. The van der Waals surface area contributed by atoms with Crippen molar-refractivity contribution < 1.29 is 19.1 Å². The average Bonchev–Trinajstić information content (AvgIpc) is 3.28. The van der Waals surface area contributed by atoms with Crippen LogP contribution in [0.1, 0.15) is 75.5 Å². The monoisotopic (exact) mass is 430 g/mol. The van der Waals surface area contributed by atoms with Gasteiger partial charge in [-0.1, -0.05) is 47.6 Å². The van der Waals surface area contributed by atoms with E-state index in [1.54, 1.807) is 6.92 Å². The Morgan fingerprint density at radius 3 is 2.44 bits per heavy atom. The lowest BCUT2D eigenvalue weighted by Gasteiger charge is -2.25. The largest absolute Gasteiger partial charge is 0.426 e. The Morgan fingerprint density at radius 1 is 1.06 bits per heavy atom. The zero-order chi connectivity index (χ0) is 23.2. The lowest BCUT2D eigenvalue weighted by atomic mass is 9.85. The molecule has 0 amide bonds. The van der Waals surface area contributed by atoms with E-state index in [0.29, 0.717) is 17.1 Å². The van der Waals surface area contributed by atoms with Gasteiger partial charge in [-0.25, -0.2) is 4.79 Å². The summed E-state index contributed by atoms with van der Waals surface area (Å²) in [4.78, 5) is 24.6. The molecular weight excluding hydrogens is 400 g/mol. The molecule has 166 valence electrons. The summed E-state index contributed by atoms with van der Waals surface area (Å²) in [5, 5.41) is 1.59. The van der Waals surface area contributed by atoms with Crippen LogP contribution in [0.3, 0.4) is 0 Å². The number of ether oxygens (including phenoxy) is 2. The molecular formula is C28H30O4. The molecule has 0 aromatic heterocycles. The van der Waals surface area contributed by atoms with E-state index in [9.17, 15) is 9.59 Å². The maximum atomic E-state index is 12.6. The summed E-state index contributed by atoms with van der Waals surface area (Å²) in [6, 6.07) is 5.94. The predicted octanol–water partition coefficient (Wildman–Crippen LogP) is 6.81. The Hall–Kier alpha value is -3.14. The zero-order valence-electron chi connectivity index (χ0n) is 19.5. The van der Waals surface area contributed by atoms with Crippen LogP contribution in [0.4, 0.5) is 0 Å². The molecule has 4 rings (SSSR count). The lowest BCUT2D eigenvalue weighted by Crippen LogP contribution is -2.14. The highest BCUT2D eigenvalue weighted by molar-refractivity contribution is 6.01. The van der Waals surface area contributed by atoms with Crippen LogP contribution in [0, 0.1) is 6.92 Å². The van der Waals surface area contributed by atoms with Gasteiger partial charge in [-0.15, -0.1) is 0 Å². The van der Waals surface area contributed by atoms with Crippen LogP contribution in [0.25, 0.3) is 10.8 Å². The normalized spacial score (nSPS) is 18.2. The highest BCUT2D eigenvalue weighted by Crippen LogP contribution is 2.61. The van der Waals surface area contributed by atoms with Crippen LogP contribution in [0.5, 0.6) is 11.5 Å². The molecule has 0 saturated heterocycles. The first-order valence-electron chi connectivity index (χ1n) is 11.2. The third-order valence-electron chi connectivity index (χ3n) is 6.29. The Labute approximate surface area is 189 Å². The predicted molar refractivity (Wildman–Crippen MR) is 127 cm³/mol. The summed E-state index contributed by atoms with van der Waals surface area (Å²) < 4.78 is 11.8. The number of aryl methyl sites for hydroxylation is 1. The second-order valence-corrected chi connectivity index (χ2v) is 9.25. The summed E-state index contributed by atoms with van der Waals surface area (Å²) in [6.45, 7) is 13.1. The minimum Gasteiger partial charge on any atom is -0.426 e. The van der Waals surface area contributed by atoms with E-state index in [1.165, 1.54) is 18.1 Å². The number of esters is 2. The number of hydrogen-bond acceptors (Lipinski definition) is 4. The summed E-state index contributed by atoms with van der Waals surface area (Å²) >= 11 is 0. The second kappa shape index (κ2) is 8.42. The maximum Gasteiger partial charge on any atom is 0.338 e. The van der Waals surface area contributed by atoms with Crippen LogP contribution < -0.4 is 9.47 Å². The number of rotatable bonds is 6. The van der Waals surface area contributed by atoms with Gasteiger partial charge in [0.2, 0.25) is 0 Å². The molecule has 4 heteroatoms. The van der Waals surface area contributed by atoms with Gasteiger partial charge in [0.05, 0.1) is 0 Å². The topological polar surface area (TPSA) is 52.6 Å². The van der Waals surface area contributed by atoms with Crippen LogP contribution in [-0.4, -0.2) is 11.9 Å². The summed E-state index contributed by atoms with van der Waals surface area (Å²) in [6.07, 6.45) is 7.44. The quantitative estimate of drug-likeness (QED) is 0.219. The molecule has 2 bridgehead atoms. The lowest BCUT2D eigenvalue weighted by molar-refractivity contribution is -0.132. The molecule has 2 aromatic carbocycles. The van der Waals surface area contributed by atoms with Gasteiger partial charge in [0, 0.05) is 46.2 Å². The van der Waals surface area contributed by atoms with E-state index >= 15 is 0 Å². The van der Waals surface area contributed by atoms with E-state index < -0.39 is 5.97 Å². The Bertz CT molecular complexity index is 1210. The molecule has 0 radical (unpaired) electrons. The smallest absolute Gasteiger partial charge is 0.338 e. The molecule has 2 aliphatic rings. The highest BCUT2D eigenvalue weighted by atomic mass is 16.5. The fraction of sp³-hybridized carbons (Fsp3) is 0.357. The van der Waals surface area contributed by atoms with Gasteiger partial charge in [-0.3, -0.25) is 4.79 Å². The molecule has 0 saturated carbocycles. The number of fused-ring (bicyclic) bond motifs is 6. The van der Waals surface area contributed by atoms with E-state index in [0.717, 1.165) is 46.7 Å². The first kappa shape index (κ1) is 22.1. The Morgan fingerprint density at radius 2 is 1.78 bits per heavy atom. The fourth-order valence-electron chi connectivity index (χ4n) is 4.97. The Balaban J connectivity index is 1.92. The second-order valence-electron chi connectivity index (χ2n) is 9.25. The van der Waals surface area contributed by atoms with Crippen molar-refractivity contribution in [3.8, 4) is 11.5 Å². The average molecular weight is 431 g/mol. The standard InChI is InChI=1S/C28H30O4/c1-15(2)8-7-9-19-13-20-14-22(19)25-24(20)27(31-18(6)29)23-12-17(5)10-11-21(23)26(25)32-28(30)16(3)4/h8,10-13,20,22H,3,7,9,14H2,1-2,4-6H3. The van der Waals surface area contributed by atoms with E-state index in [4.69, 9.17) is 9.47 Å². The van der Waals surface area contributed by atoms with Crippen molar-refractivity contribution in [2.75, 3.05) is 0 Å². The Kier molecular flexibility index (Phi) is 5.81. The molecule has 2 unspecified atom stereocenters. The third-order valence-corrected chi connectivity index (χ3v) is 6.29. The third kappa shape index (κ3) is 3.90. The van der Waals surface area contributed by atoms with Crippen molar-refractivity contribution in [2.45, 2.75) is 65.7 Å². The van der Waals surface area contributed by atoms with Gasteiger partial charge in [-0.05, 0) is 53.0 Å². The molecule has 2 atom stereocenters. The number of carbonyl (C=O) groups is 2. The number of hydrogen-bond donors (Lipinski definition) is 0. The first-order valence-corrected chi connectivity index (χ1v) is 11.2. The van der Waals surface area contributed by atoms with Crippen LogP contribution in [0.15, 0.2) is 53.6 Å². The van der Waals surface area contributed by atoms with Crippen molar-refractivity contribution in [3.05, 3.63) is 70.3 Å². The molecule has 0 aliphatic heterocycles. The zero-order valence-corrected chi connectivity index (χ0v) is 19.5. The minimum absolute atomic E-state index is 0.151. The molecule has 0 fully saturated rings. The van der Waals surface area contributed by atoms with Gasteiger partial charge >= 0.3 is 11.9 Å². The van der Waals surface area contributed by atoms with E-state index in [-0.39, 0.29) is 17.8 Å². The highest BCUT2D eigenvalue weighted by Gasteiger charge is 2.43. The van der Waals surface area contributed by atoms with Gasteiger partial charge in [0.15, 0.2) is 0 Å².